The van der Waals surface area contributed by atoms with Crippen molar-refractivity contribution in [3.05, 3.63) is 64.2 Å². The molecule has 3 rings (SSSR count). The number of carbonyl (C=O) groups excluding carboxylic acids is 1. The highest BCUT2D eigenvalue weighted by molar-refractivity contribution is 6.42. The van der Waals surface area contributed by atoms with E-state index in [2.05, 4.69) is 52.3 Å². The molecule has 1 aromatic heterocycles. The number of anilines is 1. The molecule has 0 saturated heterocycles. The SMILES string of the molecule is CC(=O)NCc1cccc(Cl)c1Cl.CCCN(CCC)c1ccc(-n2cnc(C)n2)c(OCC)c1. The van der Waals surface area contributed by atoms with E-state index in [-0.39, 0.29) is 5.91 Å². The predicted molar refractivity (Wildman–Crippen MR) is 144 cm³/mol. The van der Waals surface area contributed by atoms with Crippen molar-refractivity contribution in [2.45, 2.75) is 54.0 Å². The first kappa shape index (κ1) is 28.5. The first-order valence-corrected chi connectivity index (χ1v) is 12.6. The molecule has 0 radical (unpaired) electrons. The van der Waals surface area contributed by atoms with Crippen molar-refractivity contribution < 1.29 is 9.53 Å². The number of aryl methyl sites for hydroxylation is 1. The fourth-order valence-electron chi connectivity index (χ4n) is 3.44. The second kappa shape index (κ2) is 14.6. The fraction of sp³-hybridized carbons (Fsp3) is 0.423. The molecular weight excluding hydrogens is 485 g/mol. The number of amides is 1. The Morgan fingerprint density at radius 1 is 1.11 bits per heavy atom. The molecule has 190 valence electrons. The smallest absolute Gasteiger partial charge is 0.217 e. The van der Waals surface area contributed by atoms with E-state index in [4.69, 9.17) is 27.9 Å². The minimum Gasteiger partial charge on any atom is -0.492 e. The lowest BCUT2D eigenvalue weighted by atomic mass is 10.2. The Balaban J connectivity index is 0.000000283. The zero-order valence-electron chi connectivity index (χ0n) is 21.1. The maximum absolute atomic E-state index is 10.6. The highest BCUT2D eigenvalue weighted by Gasteiger charge is 2.12. The summed E-state index contributed by atoms with van der Waals surface area (Å²) in [7, 11) is 0. The topological polar surface area (TPSA) is 72.3 Å². The van der Waals surface area contributed by atoms with Crippen molar-refractivity contribution in [3.63, 3.8) is 0 Å². The number of hydrogen-bond acceptors (Lipinski definition) is 5. The van der Waals surface area contributed by atoms with Gasteiger partial charge >= 0.3 is 0 Å². The van der Waals surface area contributed by atoms with Gasteiger partial charge in [-0.1, -0.05) is 49.2 Å². The van der Waals surface area contributed by atoms with Gasteiger partial charge < -0.3 is 15.0 Å². The van der Waals surface area contributed by atoms with Crippen LogP contribution in [0.25, 0.3) is 5.69 Å². The number of halogens is 2. The quantitative estimate of drug-likeness (QED) is 0.343. The van der Waals surface area contributed by atoms with Crippen molar-refractivity contribution in [3.8, 4) is 11.4 Å². The van der Waals surface area contributed by atoms with E-state index < -0.39 is 0 Å². The van der Waals surface area contributed by atoms with Crippen molar-refractivity contribution in [2.75, 3.05) is 24.6 Å². The van der Waals surface area contributed by atoms with Crippen LogP contribution in [0.15, 0.2) is 42.7 Å². The monoisotopic (exact) mass is 519 g/mol. The summed E-state index contributed by atoms with van der Waals surface area (Å²) in [6, 6.07) is 11.6. The molecule has 9 heteroatoms. The van der Waals surface area contributed by atoms with Crippen LogP contribution < -0.4 is 15.0 Å². The summed E-state index contributed by atoms with van der Waals surface area (Å²) in [6.07, 6.45) is 3.99. The lowest BCUT2D eigenvalue weighted by Crippen LogP contribution is -2.24. The molecule has 1 amide bonds. The Morgan fingerprint density at radius 3 is 2.40 bits per heavy atom. The molecule has 0 aliphatic carbocycles. The van der Waals surface area contributed by atoms with Gasteiger partial charge in [0.1, 0.15) is 23.6 Å². The third-order valence-electron chi connectivity index (χ3n) is 5.01. The predicted octanol–water partition coefficient (Wildman–Crippen LogP) is 6.23. The average molecular weight is 521 g/mol. The zero-order chi connectivity index (χ0) is 25.8. The molecule has 0 fully saturated rings. The molecule has 0 aliphatic rings. The van der Waals surface area contributed by atoms with Crippen molar-refractivity contribution in [1.29, 1.82) is 0 Å². The second-order valence-electron chi connectivity index (χ2n) is 7.93. The standard InChI is InChI=1S/C17H26N4O.C9H9Cl2NO/c1-5-10-20(11-6-2)15-8-9-16(17(12-15)22-7-3)21-13-18-14(4)19-21;1-6(13)12-5-7-3-2-4-8(10)9(7)11/h8-9,12-13H,5-7,10-11H2,1-4H3;2-4H,5H2,1H3,(H,12,13). The van der Waals surface area contributed by atoms with Gasteiger partial charge in [-0.25, -0.2) is 9.67 Å². The summed E-state index contributed by atoms with van der Waals surface area (Å²) in [4.78, 5) is 17.2. The number of rotatable bonds is 10. The van der Waals surface area contributed by atoms with E-state index in [1.165, 1.54) is 12.6 Å². The van der Waals surface area contributed by atoms with Gasteiger partial charge in [0.25, 0.3) is 0 Å². The molecule has 1 heterocycles. The lowest BCUT2D eigenvalue weighted by Gasteiger charge is -2.25. The van der Waals surface area contributed by atoms with Gasteiger partial charge in [-0.15, -0.1) is 0 Å². The summed E-state index contributed by atoms with van der Waals surface area (Å²) in [5.41, 5.74) is 2.95. The van der Waals surface area contributed by atoms with E-state index >= 15 is 0 Å². The Hall–Kier alpha value is -2.77. The summed E-state index contributed by atoms with van der Waals surface area (Å²) in [5, 5.41) is 8.03. The normalized spacial score (nSPS) is 10.4. The van der Waals surface area contributed by atoms with Gasteiger partial charge in [0.05, 0.1) is 16.7 Å². The molecule has 0 unspecified atom stereocenters. The van der Waals surface area contributed by atoms with Crippen molar-refractivity contribution in [1.82, 2.24) is 20.1 Å². The molecular formula is C26H35Cl2N5O2. The zero-order valence-corrected chi connectivity index (χ0v) is 22.7. The minimum atomic E-state index is -0.0870. The van der Waals surface area contributed by atoms with E-state index in [1.54, 1.807) is 23.1 Å². The van der Waals surface area contributed by atoms with E-state index in [0.29, 0.717) is 23.2 Å². The van der Waals surface area contributed by atoms with Gasteiger partial charge in [0.2, 0.25) is 5.91 Å². The number of ether oxygens (including phenoxy) is 1. The number of carbonyl (C=O) groups is 1. The van der Waals surface area contributed by atoms with Gasteiger partial charge in [-0.05, 0) is 50.5 Å². The summed E-state index contributed by atoms with van der Waals surface area (Å²) in [6.45, 7) is 12.9. The van der Waals surface area contributed by atoms with Crippen LogP contribution in [-0.2, 0) is 11.3 Å². The molecule has 0 saturated carbocycles. The molecule has 1 N–H and O–H groups in total. The third kappa shape index (κ3) is 8.75. The first-order valence-electron chi connectivity index (χ1n) is 11.9. The molecule has 0 aliphatic heterocycles. The Labute approximate surface area is 218 Å². The van der Waals surface area contributed by atoms with Crippen LogP contribution in [0, 0.1) is 6.92 Å². The summed E-state index contributed by atoms with van der Waals surface area (Å²) >= 11 is 11.7. The van der Waals surface area contributed by atoms with Crippen LogP contribution in [0.1, 0.15) is 51.9 Å². The number of benzene rings is 2. The maximum atomic E-state index is 10.6. The molecule has 7 nitrogen and oxygen atoms in total. The minimum absolute atomic E-state index is 0.0870. The van der Waals surface area contributed by atoms with Gasteiger partial charge in [-0.2, -0.15) is 5.10 Å². The summed E-state index contributed by atoms with van der Waals surface area (Å²) < 4.78 is 7.60. The third-order valence-corrected chi connectivity index (χ3v) is 5.87. The van der Waals surface area contributed by atoms with E-state index in [1.807, 2.05) is 19.9 Å². The molecule has 2 aromatic carbocycles. The second-order valence-corrected chi connectivity index (χ2v) is 8.72. The van der Waals surface area contributed by atoms with Crippen LogP contribution in [-0.4, -0.2) is 40.4 Å². The Morgan fingerprint density at radius 2 is 1.83 bits per heavy atom. The van der Waals surface area contributed by atoms with Crippen LogP contribution in [0.3, 0.4) is 0 Å². The highest BCUT2D eigenvalue weighted by atomic mass is 35.5. The van der Waals surface area contributed by atoms with E-state index in [9.17, 15) is 4.79 Å². The van der Waals surface area contributed by atoms with Crippen LogP contribution in [0.2, 0.25) is 10.0 Å². The average Bonchev–Trinajstić information content (AvgIpc) is 3.26. The Bertz CT molecular complexity index is 1080. The largest absolute Gasteiger partial charge is 0.492 e. The van der Waals surface area contributed by atoms with Crippen LogP contribution in [0.4, 0.5) is 5.69 Å². The van der Waals surface area contributed by atoms with E-state index in [0.717, 1.165) is 48.8 Å². The number of hydrogen-bond donors (Lipinski definition) is 1. The molecule has 35 heavy (non-hydrogen) atoms. The maximum Gasteiger partial charge on any atom is 0.217 e. The summed E-state index contributed by atoms with van der Waals surface area (Å²) in [5.74, 6) is 1.52. The number of nitrogens with zero attached hydrogens (tertiary/aromatic N) is 4. The number of aromatic nitrogens is 3. The molecule has 0 atom stereocenters. The van der Waals surface area contributed by atoms with Gasteiger partial charge in [0, 0.05) is 38.3 Å². The van der Waals surface area contributed by atoms with Crippen molar-refractivity contribution in [2.24, 2.45) is 0 Å². The molecule has 0 spiro atoms. The fourth-order valence-corrected chi connectivity index (χ4v) is 3.82. The van der Waals surface area contributed by atoms with Crippen LogP contribution >= 0.6 is 23.2 Å². The van der Waals surface area contributed by atoms with Crippen LogP contribution in [0.5, 0.6) is 5.75 Å². The van der Waals surface area contributed by atoms with Gasteiger partial charge in [-0.3, -0.25) is 4.79 Å². The van der Waals surface area contributed by atoms with Crippen molar-refractivity contribution >= 4 is 34.8 Å². The van der Waals surface area contributed by atoms with Gasteiger partial charge in [0.15, 0.2) is 0 Å². The first-order chi connectivity index (χ1) is 16.8. The molecule has 3 aromatic rings. The Kier molecular flexibility index (Phi) is 11.9. The highest BCUT2D eigenvalue weighted by Crippen LogP contribution is 2.29. The lowest BCUT2D eigenvalue weighted by molar-refractivity contribution is -0.119. The number of nitrogens with one attached hydrogen (secondary N) is 1. The molecule has 0 bridgehead atoms.